The zero-order valence-electron chi connectivity index (χ0n) is 18.5. The standard InChI is InChI=1S/C25H34N2O3/c1-24(2,3)25(22(30-4)23(28)29)19-26(17-20-11-7-5-8-12-20)15-16-27(25)18-21-13-9-6-10-14-21/h5-14,22H,15-19H2,1-4H3,(H,28,29). The quantitative estimate of drug-likeness (QED) is 0.751. The highest BCUT2D eigenvalue weighted by Crippen LogP contribution is 2.43. The summed E-state index contributed by atoms with van der Waals surface area (Å²) >= 11 is 0. The highest BCUT2D eigenvalue weighted by atomic mass is 16.5. The average Bonchev–Trinajstić information content (AvgIpc) is 2.71. The lowest BCUT2D eigenvalue weighted by Crippen LogP contribution is -2.74. The van der Waals surface area contributed by atoms with Gasteiger partial charge in [-0.1, -0.05) is 81.4 Å². The van der Waals surface area contributed by atoms with Gasteiger partial charge in [0.05, 0.1) is 5.54 Å². The number of rotatable bonds is 7. The van der Waals surface area contributed by atoms with Crippen LogP contribution in [0.2, 0.25) is 0 Å². The number of hydrogen-bond acceptors (Lipinski definition) is 4. The molecule has 30 heavy (non-hydrogen) atoms. The zero-order chi connectivity index (χ0) is 21.8. The molecule has 1 heterocycles. The summed E-state index contributed by atoms with van der Waals surface area (Å²) in [5, 5.41) is 10.1. The molecule has 2 aromatic rings. The maximum absolute atomic E-state index is 12.4. The molecule has 0 spiro atoms. The topological polar surface area (TPSA) is 53.0 Å². The van der Waals surface area contributed by atoms with Crippen LogP contribution in [0.4, 0.5) is 0 Å². The van der Waals surface area contributed by atoms with Crippen LogP contribution in [0.5, 0.6) is 0 Å². The minimum absolute atomic E-state index is 0.323. The molecule has 0 saturated carbocycles. The van der Waals surface area contributed by atoms with Gasteiger partial charge in [0.1, 0.15) is 0 Å². The second-order valence-electron chi connectivity index (χ2n) is 9.23. The number of nitrogens with zero attached hydrogens (tertiary/aromatic N) is 2. The second-order valence-corrected chi connectivity index (χ2v) is 9.23. The molecular formula is C25H34N2O3. The number of carboxylic acids is 1. The van der Waals surface area contributed by atoms with Gasteiger partial charge in [0.2, 0.25) is 0 Å². The maximum Gasteiger partial charge on any atom is 0.334 e. The molecule has 0 aromatic heterocycles. The second kappa shape index (κ2) is 9.29. The van der Waals surface area contributed by atoms with Crippen molar-refractivity contribution in [2.45, 2.75) is 45.5 Å². The van der Waals surface area contributed by atoms with E-state index in [-0.39, 0.29) is 5.41 Å². The fourth-order valence-corrected chi connectivity index (χ4v) is 4.84. The summed E-state index contributed by atoms with van der Waals surface area (Å²) in [4.78, 5) is 17.1. The minimum atomic E-state index is -0.931. The third-order valence-electron chi connectivity index (χ3n) is 6.37. The predicted octanol–water partition coefficient (Wildman–Crippen LogP) is 3.89. The third-order valence-corrected chi connectivity index (χ3v) is 6.37. The molecule has 5 nitrogen and oxygen atoms in total. The zero-order valence-corrected chi connectivity index (χ0v) is 18.5. The Morgan fingerprint density at radius 2 is 1.53 bits per heavy atom. The van der Waals surface area contributed by atoms with E-state index in [1.54, 1.807) is 0 Å². The largest absolute Gasteiger partial charge is 0.479 e. The summed E-state index contributed by atoms with van der Waals surface area (Å²) < 4.78 is 5.68. The van der Waals surface area contributed by atoms with Crippen LogP contribution in [-0.4, -0.2) is 59.3 Å². The van der Waals surface area contributed by atoms with Gasteiger partial charge >= 0.3 is 5.97 Å². The number of ether oxygens (including phenoxy) is 1. The number of benzene rings is 2. The molecule has 1 saturated heterocycles. The molecule has 0 bridgehead atoms. The summed E-state index contributed by atoms with van der Waals surface area (Å²) in [6.45, 7) is 10.2. The van der Waals surface area contributed by atoms with E-state index in [1.807, 2.05) is 36.4 Å². The van der Waals surface area contributed by atoms with Gasteiger partial charge in [-0.3, -0.25) is 9.80 Å². The van der Waals surface area contributed by atoms with Crippen molar-refractivity contribution in [3.05, 3.63) is 71.8 Å². The van der Waals surface area contributed by atoms with Gasteiger partial charge in [0.15, 0.2) is 6.10 Å². The fourth-order valence-electron chi connectivity index (χ4n) is 4.84. The lowest BCUT2D eigenvalue weighted by molar-refractivity contribution is -0.184. The number of aliphatic carboxylic acids is 1. The van der Waals surface area contributed by atoms with Crippen LogP contribution in [0.3, 0.4) is 0 Å². The van der Waals surface area contributed by atoms with Crippen LogP contribution < -0.4 is 0 Å². The molecule has 3 rings (SSSR count). The first-order valence-electron chi connectivity index (χ1n) is 10.6. The number of carbonyl (C=O) groups is 1. The molecule has 1 fully saturated rings. The summed E-state index contributed by atoms with van der Waals surface area (Å²) in [7, 11) is 1.52. The Bertz CT molecular complexity index is 819. The van der Waals surface area contributed by atoms with Crippen LogP contribution in [-0.2, 0) is 22.6 Å². The van der Waals surface area contributed by atoms with Gasteiger partial charge in [0.25, 0.3) is 0 Å². The van der Waals surface area contributed by atoms with Crippen LogP contribution in [0.1, 0.15) is 31.9 Å². The molecule has 5 heteroatoms. The number of methoxy groups -OCH3 is 1. The van der Waals surface area contributed by atoms with Crippen molar-refractivity contribution >= 4 is 5.97 Å². The van der Waals surface area contributed by atoms with E-state index in [1.165, 1.54) is 18.2 Å². The van der Waals surface area contributed by atoms with Gasteiger partial charge in [-0.2, -0.15) is 0 Å². The van der Waals surface area contributed by atoms with E-state index in [0.717, 1.165) is 19.6 Å². The average molecular weight is 411 g/mol. The first-order chi connectivity index (χ1) is 14.3. The van der Waals surface area contributed by atoms with E-state index in [2.05, 4.69) is 54.8 Å². The first kappa shape index (κ1) is 22.5. The summed E-state index contributed by atoms with van der Waals surface area (Å²) in [6, 6.07) is 20.6. The number of piperazine rings is 1. The Balaban J connectivity index is 2.00. The molecule has 2 atom stereocenters. The van der Waals surface area contributed by atoms with Gasteiger partial charge in [-0.25, -0.2) is 4.79 Å². The number of carboxylic acid groups (broad SMARTS) is 1. The molecule has 0 amide bonds. The molecule has 1 aliphatic heterocycles. The summed E-state index contributed by atoms with van der Waals surface area (Å²) in [6.07, 6.45) is -0.931. The van der Waals surface area contributed by atoms with Crippen molar-refractivity contribution < 1.29 is 14.6 Å². The van der Waals surface area contributed by atoms with E-state index in [0.29, 0.717) is 13.1 Å². The highest BCUT2D eigenvalue weighted by Gasteiger charge is 2.57. The Hall–Kier alpha value is -2.21. The van der Waals surface area contributed by atoms with Gasteiger partial charge in [-0.15, -0.1) is 0 Å². The van der Waals surface area contributed by atoms with Gasteiger partial charge in [-0.05, 0) is 16.5 Å². The highest BCUT2D eigenvalue weighted by molar-refractivity contribution is 5.74. The first-order valence-corrected chi connectivity index (χ1v) is 10.6. The van der Waals surface area contributed by atoms with Crippen LogP contribution in [0.15, 0.2) is 60.7 Å². The van der Waals surface area contributed by atoms with Crippen LogP contribution in [0, 0.1) is 5.41 Å². The lowest BCUT2D eigenvalue weighted by atomic mass is 9.67. The van der Waals surface area contributed by atoms with Crippen molar-refractivity contribution in [1.82, 2.24) is 9.80 Å². The Labute approximate surface area is 180 Å². The molecule has 1 aliphatic rings. The minimum Gasteiger partial charge on any atom is -0.479 e. The monoisotopic (exact) mass is 410 g/mol. The summed E-state index contributed by atoms with van der Waals surface area (Å²) in [5.41, 5.74) is 1.41. The molecule has 1 N–H and O–H groups in total. The summed E-state index contributed by atoms with van der Waals surface area (Å²) in [5.74, 6) is -0.910. The van der Waals surface area contributed by atoms with Crippen molar-refractivity contribution in [2.75, 3.05) is 26.7 Å². The Kier molecular flexibility index (Phi) is 6.96. The Morgan fingerprint density at radius 1 is 1.00 bits per heavy atom. The van der Waals surface area contributed by atoms with Gasteiger partial charge in [0, 0.05) is 39.8 Å². The van der Waals surface area contributed by atoms with Crippen LogP contribution >= 0.6 is 0 Å². The van der Waals surface area contributed by atoms with Gasteiger partial charge < -0.3 is 9.84 Å². The van der Waals surface area contributed by atoms with E-state index >= 15 is 0 Å². The van der Waals surface area contributed by atoms with E-state index in [9.17, 15) is 9.90 Å². The van der Waals surface area contributed by atoms with Crippen molar-refractivity contribution in [3.8, 4) is 0 Å². The smallest absolute Gasteiger partial charge is 0.334 e. The van der Waals surface area contributed by atoms with Crippen molar-refractivity contribution in [2.24, 2.45) is 5.41 Å². The normalized spacial score (nSPS) is 22.0. The number of hydrogen-bond donors (Lipinski definition) is 1. The lowest BCUT2D eigenvalue weighted by Gasteiger charge is -2.59. The van der Waals surface area contributed by atoms with E-state index in [4.69, 9.17) is 4.74 Å². The van der Waals surface area contributed by atoms with Crippen LogP contribution in [0.25, 0.3) is 0 Å². The third kappa shape index (κ3) is 4.59. The molecule has 0 radical (unpaired) electrons. The molecular weight excluding hydrogens is 376 g/mol. The molecule has 2 unspecified atom stereocenters. The van der Waals surface area contributed by atoms with Crippen molar-refractivity contribution in [1.29, 1.82) is 0 Å². The van der Waals surface area contributed by atoms with Crippen molar-refractivity contribution in [3.63, 3.8) is 0 Å². The molecule has 2 aromatic carbocycles. The predicted molar refractivity (Wildman–Crippen MR) is 119 cm³/mol. The Morgan fingerprint density at radius 3 is 2.00 bits per heavy atom. The van der Waals surface area contributed by atoms with E-state index < -0.39 is 17.6 Å². The SMILES string of the molecule is COC(C(=O)O)C1(C(C)(C)C)CN(Cc2ccccc2)CCN1Cc1ccccc1. The maximum atomic E-state index is 12.4. The molecule has 0 aliphatic carbocycles. The fraction of sp³-hybridized carbons (Fsp3) is 0.480. The molecule has 162 valence electrons.